The topological polar surface area (TPSA) is 38.3 Å². The second-order valence-electron chi connectivity index (χ2n) is 4.19. The Morgan fingerprint density at radius 3 is 2.67 bits per heavy atom. The van der Waals surface area contributed by atoms with Crippen LogP contribution in [-0.2, 0) is 0 Å². The molecule has 2 rings (SSSR count). The van der Waals surface area contributed by atoms with E-state index in [0.717, 1.165) is 16.6 Å². The van der Waals surface area contributed by atoms with E-state index in [2.05, 4.69) is 21.2 Å². The van der Waals surface area contributed by atoms with E-state index < -0.39 is 17.5 Å². The Morgan fingerprint density at radius 1 is 1.14 bits per heavy atom. The first-order valence-corrected chi connectivity index (χ1v) is 6.97. The molecule has 6 heteroatoms. The normalized spacial score (nSPS) is 10.2. The molecule has 0 saturated heterocycles. The van der Waals surface area contributed by atoms with E-state index in [4.69, 9.17) is 4.74 Å². The van der Waals surface area contributed by atoms with Gasteiger partial charge in [0.25, 0.3) is 5.91 Å². The van der Waals surface area contributed by atoms with E-state index in [-0.39, 0.29) is 18.7 Å². The molecule has 0 atom stereocenters. The molecule has 1 amide bonds. The number of halogens is 3. The maximum Gasteiger partial charge on any atom is 0.251 e. The van der Waals surface area contributed by atoms with Gasteiger partial charge in [0, 0.05) is 10.0 Å². The minimum Gasteiger partial charge on any atom is -0.492 e. The minimum atomic E-state index is -1.05. The Balaban J connectivity index is 1.80. The SMILES string of the molecule is O=C(NCCOc1cccc(Br)c1)c1ccc(F)c(F)c1. The molecule has 0 heterocycles. The molecule has 0 aliphatic heterocycles. The van der Waals surface area contributed by atoms with Crippen molar-refractivity contribution in [2.24, 2.45) is 0 Å². The monoisotopic (exact) mass is 355 g/mol. The number of carbonyl (C=O) groups is 1. The van der Waals surface area contributed by atoms with Crippen LogP contribution >= 0.6 is 15.9 Å². The number of rotatable bonds is 5. The highest BCUT2D eigenvalue weighted by Crippen LogP contribution is 2.17. The summed E-state index contributed by atoms with van der Waals surface area (Å²) in [6.45, 7) is 0.524. The van der Waals surface area contributed by atoms with E-state index in [1.54, 1.807) is 12.1 Å². The summed E-state index contributed by atoms with van der Waals surface area (Å²) in [4.78, 5) is 11.7. The molecule has 2 aromatic carbocycles. The molecule has 0 aromatic heterocycles. The van der Waals surface area contributed by atoms with Crippen LogP contribution in [0.2, 0.25) is 0 Å². The van der Waals surface area contributed by atoms with Crippen LogP contribution < -0.4 is 10.1 Å². The van der Waals surface area contributed by atoms with Crippen molar-refractivity contribution in [1.29, 1.82) is 0 Å². The first kappa shape index (κ1) is 15.4. The van der Waals surface area contributed by atoms with Crippen LogP contribution in [0.15, 0.2) is 46.9 Å². The fourth-order valence-electron chi connectivity index (χ4n) is 1.63. The number of nitrogens with one attached hydrogen (secondary N) is 1. The molecule has 0 saturated carbocycles. The summed E-state index contributed by atoms with van der Waals surface area (Å²) < 4.78 is 32.1. The van der Waals surface area contributed by atoms with Gasteiger partial charge in [0.15, 0.2) is 11.6 Å². The highest BCUT2D eigenvalue weighted by atomic mass is 79.9. The molecule has 0 spiro atoms. The van der Waals surface area contributed by atoms with E-state index >= 15 is 0 Å². The standard InChI is InChI=1S/C15H12BrF2NO2/c16-11-2-1-3-12(9-11)21-7-6-19-15(20)10-4-5-13(17)14(18)8-10/h1-5,8-9H,6-7H2,(H,19,20). The molecular formula is C15H12BrF2NO2. The van der Waals surface area contributed by atoms with Gasteiger partial charge < -0.3 is 10.1 Å². The van der Waals surface area contributed by atoms with Crippen molar-refractivity contribution in [3.8, 4) is 5.75 Å². The van der Waals surface area contributed by atoms with Gasteiger partial charge in [0.1, 0.15) is 12.4 Å². The molecule has 0 aliphatic rings. The number of benzene rings is 2. The van der Waals surface area contributed by atoms with Crippen molar-refractivity contribution in [1.82, 2.24) is 5.32 Å². The van der Waals surface area contributed by atoms with E-state index in [1.807, 2.05) is 12.1 Å². The van der Waals surface area contributed by atoms with Crippen LogP contribution in [-0.4, -0.2) is 19.1 Å². The van der Waals surface area contributed by atoms with Crippen LogP contribution in [0.4, 0.5) is 8.78 Å². The number of hydrogen-bond acceptors (Lipinski definition) is 2. The van der Waals surface area contributed by atoms with Crippen LogP contribution in [0.1, 0.15) is 10.4 Å². The van der Waals surface area contributed by atoms with E-state index in [0.29, 0.717) is 5.75 Å². The summed E-state index contributed by atoms with van der Waals surface area (Å²) in [6, 6.07) is 10.3. The quantitative estimate of drug-likeness (QED) is 0.833. The lowest BCUT2D eigenvalue weighted by Gasteiger charge is -2.08. The summed E-state index contributed by atoms with van der Waals surface area (Å²) in [7, 11) is 0. The number of ether oxygens (including phenoxy) is 1. The van der Waals surface area contributed by atoms with Gasteiger partial charge in [-0.3, -0.25) is 4.79 Å². The lowest BCUT2D eigenvalue weighted by atomic mass is 10.2. The zero-order valence-electron chi connectivity index (χ0n) is 10.9. The summed E-state index contributed by atoms with van der Waals surface area (Å²) in [5.74, 6) is -1.84. The third-order valence-corrected chi connectivity index (χ3v) is 3.13. The fraction of sp³-hybridized carbons (Fsp3) is 0.133. The average Bonchev–Trinajstić information content (AvgIpc) is 2.46. The van der Waals surface area contributed by atoms with Gasteiger partial charge in [-0.25, -0.2) is 8.78 Å². The highest BCUT2D eigenvalue weighted by molar-refractivity contribution is 9.10. The molecule has 110 valence electrons. The molecule has 21 heavy (non-hydrogen) atoms. The van der Waals surface area contributed by atoms with Crippen LogP contribution in [0, 0.1) is 11.6 Å². The lowest BCUT2D eigenvalue weighted by Crippen LogP contribution is -2.28. The van der Waals surface area contributed by atoms with Gasteiger partial charge in [-0.15, -0.1) is 0 Å². The third-order valence-electron chi connectivity index (χ3n) is 2.63. The Kier molecular flexibility index (Phi) is 5.27. The second-order valence-corrected chi connectivity index (χ2v) is 5.11. The van der Waals surface area contributed by atoms with Crippen molar-refractivity contribution in [2.75, 3.05) is 13.2 Å². The molecule has 0 bridgehead atoms. The lowest BCUT2D eigenvalue weighted by molar-refractivity contribution is 0.0946. The molecule has 0 aliphatic carbocycles. The molecule has 0 radical (unpaired) electrons. The average molecular weight is 356 g/mol. The van der Waals surface area contributed by atoms with Gasteiger partial charge >= 0.3 is 0 Å². The molecule has 0 fully saturated rings. The van der Waals surface area contributed by atoms with Crippen molar-refractivity contribution in [2.45, 2.75) is 0 Å². The highest BCUT2D eigenvalue weighted by Gasteiger charge is 2.09. The summed E-state index contributed by atoms with van der Waals surface area (Å²) in [5, 5.41) is 2.57. The van der Waals surface area contributed by atoms with Gasteiger partial charge in [-0.05, 0) is 36.4 Å². The first-order valence-electron chi connectivity index (χ1n) is 6.18. The molecule has 2 aromatic rings. The van der Waals surface area contributed by atoms with Crippen molar-refractivity contribution in [3.63, 3.8) is 0 Å². The Morgan fingerprint density at radius 2 is 1.95 bits per heavy atom. The number of amides is 1. The summed E-state index contributed by atoms with van der Waals surface area (Å²) in [5.41, 5.74) is 0.0661. The van der Waals surface area contributed by atoms with Crippen molar-refractivity contribution >= 4 is 21.8 Å². The van der Waals surface area contributed by atoms with Gasteiger partial charge in [0.05, 0.1) is 6.54 Å². The van der Waals surface area contributed by atoms with Crippen molar-refractivity contribution in [3.05, 3.63) is 64.1 Å². The molecule has 1 N–H and O–H groups in total. The van der Waals surface area contributed by atoms with Gasteiger partial charge in [-0.1, -0.05) is 22.0 Å². The van der Waals surface area contributed by atoms with Crippen LogP contribution in [0.25, 0.3) is 0 Å². The van der Waals surface area contributed by atoms with Crippen molar-refractivity contribution < 1.29 is 18.3 Å². The largest absolute Gasteiger partial charge is 0.492 e. The van der Waals surface area contributed by atoms with E-state index in [9.17, 15) is 13.6 Å². The fourth-order valence-corrected chi connectivity index (χ4v) is 2.01. The predicted molar refractivity (Wildman–Crippen MR) is 78.3 cm³/mol. The second kappa shape index (κ2) is 7.17. The minimum absolute atomic E-state index is 0.0661. The third kappa shape index (κ3) is 4.53. The Hall–Kier alpha value is -1.95. The summed E-state index contributed by atoms with van der Waals surface area (Å²) in [6.07, 6.45) is 0. The maximum atomic E-state index is 13.0. The number of carbonyl (C=O) groups excluding carboxylic acids is 1. The molecule has 3 nitrogen and oxygen atoms in total. The Labute approximate surface area is 129 Å². The van der Waals surface area contributed by atoms with Crippen LogP contribution in [0.3, 0.4) is 0 Å². The van der Waals surface area contributed by atoms with Crippen LogP contribution in [0.5, 0.6) is 5.75 Å². The summed E-state index contributed by atoms with van der Waals surface area (Å²) >= 11 is 3.32. The van der Waals surface area contributed by atoms with Gasteiger partial charge in [0.2, 0.25) is 0 Å². The molecular weight excluding hydrogens is 344 g/mol. The van der Waals surface area contributed by atoms with E-state index in [1.165, 1.54) is 6.07 Å². The zero-order chi connectivity index (χ0) is 15.2. The first-order chi connectivity index (χ1) is 10.1. The maximum absolute atomic E-state index is 13.0. The Bertz CT molecular complexity index is 649. The number of hydrogen-bond donors (Lipinski definition) is 1. The molecule has 0 unspecified atom stereocenters. The predicted octanol–water partition coefficient (Wildman–Crippen LogP) is 3.54. The van der Waals surface area contributed by atoms with Gasteiger partial charge in [-0.2, -0.15) is 0 Å². The smallest absolute Gasteiger partial charge is 0.251 e. The zero-order valence-corrected chi connectivity index (χ0v) is 12.5.